The lowest BCUT2D eigenvalue weighted by atomic mass is 10.1. The van der Waals surface area contributed by atoms with Crippen molar-refractivity contribution in [2.45, 2.75) is 29.3 Å². The summed E-state index contributed by atoms with van der Waals surface area (Å²) in [6, 6.07) is 6.66. The van der Waals surface area contributed by atoms with E-state index in [4.69, 9.17) is 34.8 Å². The second-order valence-electron chi connectivity index (χ2n) is 5.53. The Morgan fingerprint density at radius 1 is 1.30 bits per heavy atom. The van der Waals surface area contributed by atoms with E-state index in [9.17, 15) is 13.2 Å². The van der Waals surface area contributed by atoms with Gasteiger partial charge < -0.3 is 5.32 Å². The highest BCUT2D eigenvalue weighted by Crippen LogP contribution is 2.30. The predicted octanol–water partition coefficient (Wildman–Crippen LogP) is 2.20. The molecular weight excluding hydrogens is 383 g/mol. The molecule has 0 aliphatic carbocycles. The molecule has 2 N–H and O–H groups in total. The number of benzene rings is 1. The fourth-order valence-corrected chi connectivity index (χ4v) is 4.46. The van der Waals surface area contributed by atoms with Crippen LogP contribution in [0, 0.1) is 6.92 Å². The van der Waals surface area contributed by atoms with E-state index >= 15 is 0 Å². The molecule has 0 bridgehead atoms. The summed E-state index contributed by atoms with van der Waals surface area (Å²) in [6.45, 7) is 1.80. The molecule has 128 valence electrons. The molecule has 5 nitrogen and oxygen atoms in total. The van der Waals surface area contributed by atoms with Gasteiger partial charge in [-0.15, -0.1) is 0 Å². The molecular formula is C14H17Cl3N2O3S. The van der Waals surface area contributed by atoms with E-state index in [1.807, 2.05) is 6.07 Å². The highest BCUT2D eigenvalue weighted by molar-refractivity contribution is 7.91. The molecule has 1 aliphatic heterocycles. The largest absolute Gasteiger partial charge is 0.333 e. The molecule has 1 saturated heterocycles. The van der Waals surface area contributed by atoms with E-state index < -0.39 is 25.7 Å². The minimum Gasteiger partial charge on any atom is -0.333 e. The number of rotatable bonds is 4. The number of hydrogen-bond donors (Lipinski definition) is 2. The summed E-state index contributed by atoms with van der Waals surface area (Å²) in [7, 11) is -3.08. The van der Waals surface area contributed by atoms with Gasteiger partial charge in [0.2, 0.25) is 3.79 Å². The molecule has 1 aliphatic rings. The monoisotopic (exact) mass is 398 g/mol. The molecule has 1 heterocycles. The summed E-state index contributed by atoms with van der Waals surface area (Å²) in [5.41, 5.74) is 1.25. The van der Waals surface area contributed by atoms with Gasteiger partial charge in [0.25, 0.3) is 5.91 Å². The first-order valence-electron chi connectivity index (χ1n) is 6.98. The average molecular weight is 400 g/mol. The Balaban J connectivity index is 2.11. The lowest BCUT2D eigenvalue weighted by molar-refractivity contribution is 0.0926. The van der Waals surface area contributed by atoms with E-state index in [2.05, 4.69) is 10.6 Å². The van der Waals surface area contributed by atoms with Crippen LogP contribution in [-0.4, -0.2) is 41.8 Å². The van der Waals surface area contributed by atoms with Gasteiger partial charge in [-0.1, -0.05) is 53.0 Å². The lowest BCUT2D eigenvalue weighted by Gasteiger charge is -2.29. The van der Waals surface area contributed by atoms with Crippen LogP contribution >= 0.6 is 34.8 Å². The second kappa shape index (κ2) is 7.15. The first-order chi connectivity index (χ1) is 10.6. The molecule has 2 rings (SSSR count). The van der Waals surface area contributed by atoms with Gasteiger partial charge in [0.05, 0.1) is 11.5 Å². The van der Waals surface area contributed by atoms with E-state index in [1.54, 1.807) is 25.1 Å². The fourth-order valence-electron chi connectivity index (χ4n) is 2.42. The number of alkyl halides is 3. The first-order valence-corrected chi connectivity index (χ1v) is 9.94. The lowest BCUT2D eigenvalue weighted by Crippen LogP contribution is -2.56. The molecule has 0 aromatic heterocycles. The normalized spacial score (nSPS) is 21.8. The molecule has 1 aromatic carbocycles. The Hall–Kier alpha value is -0.530. The maximum atomic E-state index is 12.4. The van der Waals surface area contributed by atoms with Crippen LogP contribution in [-0.2, 0) is 9.84 Å². The zero-order valence-corrected chi connectivity index (χ0v) is 15.4. The fraction of sp³-hybridized carbons (Fsp3) is 0.500. The van der Waals surface area contributed by atoms with E-state index in [0.29, 0.717) is 12.0 Å². The molecule has 1 fully saturated rings. The summed E-state index contributed by atoms with van der Waals surface area (Å²) < 4.78 is 21.3. The number of halogens is 3. The maximum absolute atomic E-state index is 12.4. The molecule has 23 heavy (non-hydrogen) atoms. The smallest absolute Gasteiger partial charge is 0.252 e. The van der Waals surface area contributed by atoms with Crippen molar-refractivity contribution in [3.05, 3.63) is 35.4 Å². The van der Waals surface area contributed by atoms with E-state index in [0.717, 1.165) is 5.56 Å². The topological polar surface area (TPSA) is 75.3 Å². The van der Waals surface area contributed by atoms with Gasteiger partial charge in [0, 0.05) is 11.6 Å². The van der Waals surface area contributed by atoms with Gasteiger partial charge in [0.15, 0.2) is 9.84 Å². The molecule has 0 unspecified atom stereocenters. The minimum absolute atomic E-state index is 0.0372. The van der Waals surface area contributed by atoms with Gasteiger partial charge in [-0.3, -0.25) is 10.1 Å². The molecule has 0 radical (unpaired) electrons. The SMILES string of the molecule is Cc1ccccc1C(=O)N[C@H](N[C@H]1CCS(=O)(=O)C1)C(Cl)(Cl)Cl. The van der Waals surface area contributed by atoms with Crippen molar-refractivity contribution in [2.75, 3.05) is 11.5 Å². The van der Waals surface area contributed by atoms with Crippen molar-refractivity contribution in [2.24, 2.45) is 0 Å². The van der Waals surface area contributed by atoms with Crippen molar-refractivity contribution >= 4 is 50.5 Å². The van der Waals surface area contributed by atoms with E-state index in [-0.39, 0.29) is 17.5 Å². The number of carbonyl (C=O) groups excluding carboxylic acids is 1. The van der Waals surface area contributed by atoms with Crippen LogP contribution in [0.3, 0.4) is 0 Å². The minimum atomic E-state index is -3.08. The van der Waals surface area contributed by atoms with Crippen LogP contribution in [0.5, 0.6) is 0 Å². The highest BCUT2D eigenvalue weighted by atomic mass is 35.6. The number of carbonyl (C=O) groups is 1. The molecule has 0 saturated carbocycles. The summed E-state index contributed by atoms with van der Waals surface area (Å²) in [6.07, 6.45) is -0.585. The Morgan fingerprint density at radius 2 is 1.96 bits per heavy atom. The molecule has 1 aromatic rings. The van der Waals surface area contributed by atoms with Crippen molar-refractivity contribution < 1.29 is 13.2 Å². The van der Waals surface area contributed by atoms with Gasteiger partial charge in [-0.25, -0.2) is 8.42 Å². The zero-order valence-electron chi connectivity index (χ0n) is 12.4. The molecule has 1 amide bonds. The van der Waals surface area contributed by atoms with Crippen LogP contribution in [0.1, 0.15) is 22.3 Å². The average Bonchev–Trinajstić information content (AvgIpc) is 2.76. The van der Waals surface area contributed by atoms with Gasteiger partial charge in [0.1, 0.15) is 6.17 Å². The maximum Gasteiger partial charge on any atom is 0.252 e. The Morgan fingerprint density at radius 3 is 2.48 bits per heavy atom. The highest BCUT2D eigenvalue weighted by Gasteiger charge is 2.38. The van der Waals surface area contributed by atoms with Crippen molar-refractivity contribution in [3.8, 4) is 0 Å². The Labute approximate surface area is 150 Å². The number of amides is 1. The third-order valence-corrected chi connectivity index (χ3v) is 6.05. The number of hydrogen-bond acceptors (Lipinski definition) is 4. The van der Waals surface area contributed by atoms with Gasteiger partial charge in [-0.05, 0) is 25.0 Å². The van der Waals surface area contributed by atoms with Crippen molar-refractivity contribution in [3.63, 3.8) is 0 Å². The quantitative estimate of drug-likeness (QED) is 0.601. The van der Waals surface area contributed by atoms with Crippen LogP contribution < -0.4 is 10.6 Å². The Kier molecular flexibility index (Phi) is 5.85. The van der Waals surface area contributed by atoms with Crippen LogP contribution in [0.15, 0.2) is 24.3 Å². The summed E-state index contributed by atoms with van der Waals surface area (Å²) in [5.74, 6) is -0.347. The number of nitrogens with one attached hydrogen (secondary N) is 2. The number of aryl methyl sites for hydroxylation is 1. The van der Waals surface area contributed by atoms with Crippen LogP contribution in [0.25, 0.3) is 0 Å². The Bertz CT molecular complexity index is 689. The van der Waals surface area contributed by atoms with Crippen molar-refractivity contribution in [1.82, 2.24) is 10.6 Å². The van der Waals surface area contributed by atoms with E-state index in [1.165, 1.54) is 0 Å². The second-order valence-corrected chi connectivity index (χ2v) is 10.1. The molecule has 9 heteroatoms. The molecule has 2 atom stereocenters. The summed E-state index contributed by atoms with van der Waals surface area (Å²) in [5, 5.41) is 5.55. The van der Waals surface area contributed by atoms with Gasteiger partial charge >= 0.3 is 0 Å². The van der Waals surface area contributed by atoms with Crippen LogP contribution in [0.4, 0.5) is 0 Å². The third kappa shape index (κ3) is 5.22. The first kappa shape index (κ1) is 18.8. The van der Waals surface area contributed by atoms with Crippen LogP contribution in [0.2, 0.25) is 0 Å². The zero-order chi connectivity index (χ0) is 17.3. The summed E-state index contributed by atoms with van der Waals surface area (Å²) >= 11 is 17.8. The van der Waals surface area contributed by atoms with Gasteiger partial charge in [-0.2, -0.15) is 0 Å². The summed E-state index contributed by atoms with van der Waals surface area (Å²) in [4.78, 5) is 12.4. The third-order valence-electron chi connectivity index (χ3n) is 3.63. The van der Waals surface area contributed by atoms with Crippen molar-refractivity contribution in [1.29, 1.82) is 0 Å². The predicted molar refractivity (Wildman–Crippen MR) is 92.9 cm³/mol. The molecule has 0 spiro atoms. The number of sulfone groups is 1. The standard InChI is InChI=1S/C14H17Cl3N2O3S/c1-9-4-2-3-5-11(9)12(20)19-13(14(15,16)17)18-10-6-7-23(21,22)8-10/h2-5,10,13,18H,6-8H2,1H3,(H,19,20)/t10-,13-/m0/s1.